The molecule has 2 heterocycles. The van der Waals surface area contributed by atoms with Crippen LogP contribution >= 0.6 is 0 Å². The van der Waals surface area contributed by atoms with Crippen molar-refractivity contribution in [1.82, 2.24) is 10.2 Å². The number of carboxylic acids is 1. The molecular formula is C11H17N3O6. The normalized spacial score (nSPS) is 29.1. The summed E-state index contributed by atoms with van der Waals surface area (Å²) in [5, 5.41) is 21.3. The lowest BCUT2D eigenvalue weighted by molar-refractivity contribution is -0.161. The zero-order chi connectivity index (χ0) is 15.0. The Balaban J connectivity index is 2.00. The van der Waals surface area contributed by atoms with E-state index in [0.29, 0.717) is 0 Å². The van der Waals surface area contributed by atoms with Crippen LogP contribution in [0.2, 0.25) is 0 Å². The number of ether oxygens (including phenoxy) is 1. The largest absolute Gasteiger partial charge is 0.480 e. The summed E-state index contributed by atoms with van der Waals surface area (Å²) in [6.45, 7) is 1.51. The van der Waals surface area contributed by atoms with Gasteiger partial charge in [0.05, 0.1) is 19.0 Å². The number of hydrogen-bond donors (Lipinski definition) is 4. The molecule has 0 radical (unpaired) electrons. The standard InChI is InChI=1S/C11H17N3O6/c1-4(12)10(17)13-8(11(18)19)9(16)5-3-14-6(15)2-7(14)20-5/h4-5,7-9,16H,2-3,12H2,1H3,(H,13,17)(H,18,19)/t4-,5+,7?,8-,9?/m0/s1. The smallest absolute Gasteiger partial charge is 0.329 e. The average molecular weight is 287 g/mol. The summed E-state index contributed by atoms with van der Waals surface area (Å²) >= 11 is 0. The van der Waals surface area contributed by atoms with Gasteiger partial charge >= 0.3 is 5.97 Å². The zero-order valence-corrected chi connectivity index (χ0v) is 10.9. The number of carbonyl (C=O) groups excluding carboxylic acids is 2. The first kappa shape index (κ1) is 14.7. The molecule has 20 heavy (non-hydrogen) atoms. The second-order valence-corrected chi connectivity index (χ2v) is 4.98. The number of nitrogens with two attached hydrogens (primary N) is 1. The van der Waals surface area contributed by atoms with Crippen LogP contribution in [0, 0.1) is 0 Å². The summed E-state index contributed by atoms with van der Waals surface area (Å²) in [4.78, 5) is 35.2. The molecule has 0 aromatic rings. The molecule has 5 N–H and O–H groups in total. The second-order valence-electron chi connectivity index (χ2n) is 4.98. The molecular weight excluding hydrogens is 270 g/mol. The number of rotatable bonds is 5. The van der Waals surface area contributed by atoms with Gasteiger partial charge in [0.15, 0.2) is 6.04 Å². The number of carbonyl (C=O) groups is 3. The molecule has 2 aliphatic heterocycles. The molecule has 112 valence electrons. The van der Waals surface area contributed by atoms with E-state index in [1.165, 1.54) is 11.8 Å². The highest BCUT2D eigenvalue weighted by molar-refractivity contribution is 5.87. The molecule has 0 spiro atoms. The minimum absolute atomic E-state index is 0.101. The van der Waals surface area contributed by atoms with Crippen molar-refractivity contribution < 1.29 is 29.3 Å². The summed E-state index contributed by atoms with van der Waals surface area (Å²) in [6, 6.07) is -2.43. The van der Waals surface area contributed by atoms with Crippen molar-refractivity contribution in [3.63, 3.8) is 0 Å². The summed E-state index contributed by atoms with van der Waals surface area (Å²) in [7, 11) is 0. The third kappa shape index (κ3) is 2.60. The van der Waals surface area contributed by atoms with Gasteiger partial charge in [-0.05, 0) is 6.92 Å². The van der Waals surface area contributed by atoms with E-state index in [-0.39, 0.29) is 18.9 Å². The lowest BCUT2D eigenvalue weighted by Gasteiger charge is -2.31. The van der Waals surface area contributed by atoms with Crippen LogP contribution in [-0.4, -0.2) is 70.0 Å². The number of aliphatic hydroxyl groups is 1. The highest BCUT2D eigenvalue weighted by Gasteiger charge is 2.49. The lowest BCUT2D eigenvalue weighted by Crippen LogP contribution is -2.56. The van der Waals surface area contributed by atoms with Crippen molar-refractivity contribution in [3.8, 4) is 0 Å². The number of carboxylic acid groups (broad SMARTS) is 1. The van der Waals surface area contributed by atoms with E-state index < -0.39 is 42.4 Å². The monoisotopic (exact) mass is 287 g/mol. The molecule has 2 aliphatic rings. The summed E-state index contributed by atoms with van der Waals surface area (Å²) in [5.74, 6) is -2.18. The number of nitrogens with zero attached hydrogens (tertiary/aromatic N) is 1. The van der Waals surface area contributed by atoms with E-state index in [4.69, 9.17) is 15.6 Å². The molecule has 0 bridgehead atoms. The fraction of sp³-hybridized carbons (Fsp3) is 0.727. The highest BCUT2D eigenvalue weighted by atomic mass is 16.5. The molecule has 2 unspecified atom stereocenters. The van der Waals surface area contributed by atoms with E-state index in [9.17, 15) is 19.5 Å². The highest BCUT2D eigenvalue weighted by Crippen LogP contribution is 2.30. The van der Waals surface area contributed by atoms with Gasteiger partial charge in [0.1, 0.15) is 18.4 Å². The van der Waals surface area contributed by atoms with Crippen LogP contribution in [-0.2, 0) is 19.1 Å². The molecule has 2 amide bonds. The maximum absolute atomic E-state index is 11.5. The molecule has 0 aromatic carbocycles. The molecule has 0 aliphatic carbocycles. The Labute approximate surface area is 114 Å². The quantitative estimate of drug-likeness (QED) is 0.401. The molecule has 0 aromatic heterocycles. The van der Waals surface area contributed by atoms with Gasteiger partial charge in [-0.3, -0.25) is 9.59 Å². The van der Waals surface area contributed by atoms with Crippen molar-refractivity contribution >= 4 is 17.8 Å². The fourth-order valence-electron chi connectivity index (χ4n) is 2.19. The van der Waals surface area contributed by atoms with Crippen LogP contribution in [0.3, 0.4) is 0 Å². The predicted molar refractivity (Wildman–Crippen MR) is 64.2 cm³/mol. The van der Waals surface area contributed by atoms with Gasteiger partial charge in [-0.2, -0.15) is 0 Å². The molecule has 9 heteroatoms. The van der Waals surface area contributed by atoms with Crippen molar-refractivity contribution in [1.29, 1.82) is 0 Å². The van der Waals surface area contributed by atoms with Crippen molar-refractivity contribution in [2.75, 3.05) is 6.54 Å². The first-order chi connectivity index (χ1) is 9.31. The molecule has 0 saturated carbocycles. The van der Waals surface area contributed by atoms with E-state index in [1.807, 2.05) is 0 Å². The number of aliphatic carboxylic acids is 1. The van der Waals surface area contributed by atoms with E-state index in [0.717, 1.165) is 0 Å². The van der Waals surface area contributed by atoms with E-state index >= 15 is 0 Å². The minimum atomic E-state index is -1.53. The Morgan fingerprint density at radius 2 is 2.20 bits per heavy atom. The fourth-order valence-corrected chi connectivity index (χ4v) is 2.19. The number of fused-ring (bicyclic) bond motifs is 1. The number of aliphatic hydroxyl groups excluding tert-OH is 1. The topological polar surface area (TPSA) is 142 Å². The van der Waals surface area contributed by atoms with E-state index in [1.54, 1.807) is 0 Å². The van der Waals surface area contributed by atoms with Gasteiger partial charge in [0.25, 0.3) is 0 Å². The first-order valence-electron chi connectivity index (χ1n) is 6.23. The third-order valence-corrected chi connectivity index (χ3v) is 3.43. The van der Waals surface area contributed by atoms with Crippen LogP contribution in [0.4, 0.5) is 0 Å². The second kappa shape index (κ2) is 5.35. The zero-order valence-electron chi connectivity index (χ0n) is 10.9. The first-order valence-corrected chi connectivity index (χ1v) is 6.23. The Hall–Kier alpha value is -1.71. The van der Waals surface area contributed by atoms with Crippen LogP contribution in [0.15, 0.2) is 0 Å². The van der Waals surface area contributed by atoms with Crippen molar-refractivity contribution in [2.24, 2.45) is 5.73 Å². The summed E-state index contributed by atoms with van der Waals surface area (Å²) < 4.78 is 5.37. The lowest BCUT2D eigenvalue weighted by atomic mass is 10.0. The number of β-lactam (4-membered cyclic amide) rings is 1. The van der Waals surface area contributed by atoms with E-state index in [2.05, 4.69) is 5.32 Å². The third-order valence-electron chi connectivity index (χ3n) is 3.43. The summed E-state index contributed by atoms with van der Waals surface area (Å²) in [5.41, 5.74) is 5.34. The molecule has 2 rings (SSSR count). The number of amides is 2. The summed E-state index contributed by atoms with van der Waals surface area (Å²) in [6.07, 6.45) is -2.48. The van der Waals surface area contributed by atoms with Gasteiger partial charge in [0.2, 0.25) is 11.8 Å². The molecule has 2 saturated heterocycles. The number of nitrogens with one attached hydrogen (secondary N) is 1. The Kier molecular flexibility index (Phi) is 3.93. The van der Waals surface area contributed by atoms with Crippen LogP contribution < -0.4 is 11.1 Å². The maximum atomic E-state index is 11.5. The van der Waals surface area contributed by atoms with Crippen molar-refractivity contribution in [2.45, 2.75) is 43.9 Å². The van der Waals surface area contributed by atoms with Gasteiger partial charge in [-0.1, -0.05) is 0 Å². The predicted octanol–water partition coefficient (Wildman–Crippen LogP) is -2.78. The average Bonchev–Trinajstić information content (AvgIpc) is 2.71. The molecule has 5 atom stereocenters. The Morgan fingerprint density at radius 1 is 1.55 bits per heavy atom. The van der Waals surface area contributed by atoms with Gasteiger partial charge < -0.3 is 30.9 Å². The van der Waals surface area contributed by atoms with Gasteiger partial charge in [-0.25, -0.2) is 4.79 Å². The minimum Gasteiger partial charge on any atom is -0.480 e. The van der Waals surface area contributed by atoms with Gasteiger partial charge in [-0.15, -0.1) is 0 Å². The maximum Gasteiger partial charge on any atom is 0.329 e. The van der Waals surface area contributed by atoms with Gasteiger partial charge in [0, 0.05) is 0 Å². The Bertz CT molecular complexity index is 440. The van der Waals surface area contributed by atoms with Crippen LogP contribution in [0.1, 0.15) is 13.3 Å². The van der Waals surface area contributed by atoms with Crippen LogP contribution in [0.25, 0.3) is 0 Å². The molecule has 2 fully saturated rings. The Morgan fingerprint density at radius 3 is 2.65 bits per heavy atom. The SMILES string of the molecule is C[C@H](N)C(=O)N[C@H](C(=O)O)C(O)[C@H]1CN2C(=O)CC2O1. The number of hydrogen-bond acceptors (Lipinski definition) is 6. The molecule has 9 nitrogen and oxygen atoms in total. The van der Waals surface area contributed by atoms with Crippen LogP contribution in [0.5, 0.6) is 0 Å². The van der Waals surface area contributed by atoms with Crippen molar-refractivity contribution in [3.05, 3.63) is 0 Å².